The van der Waals surface area contributed by atoms with Crippen LogP contribution in [-0.4, -0.2) is 75.2 Å². The molecule has 0 aromatic heterocycles. The van der Waals surface area contributed by atoms with Crippen LogP contribution in [0.2, 0.25) is 0 Å². The lowest BCUT2D eigenvalue weighted by atomic mass is 9.93. The van der Waals surface area contributed by atoms with Crippen LogP contribution in [0.15, 0.2) is 11.6 Å². The predicted octanol–water partition coefficient (Wildman–Crippen LogP) is 4.07. The number of piperidine rings is 1. The smallest absolute Gasteiger partial charge is 0.341 e. The molecule has 0 unspecified atom stereocenters. The normalized spacial score (nSPS) is 15.8. The highest BCUT2D eigenvalue weighted by Crippen LogP contribution is 2.41. The van der Waals surface area contributed by atoms with Crippen molar-refractivity contribution in [3.05, 3.63) is 33.9 Å². The third-order valence-corrected chi connectivity index (χ3v) is 6.81. The molecule has 1 N–H and O–H groups in total. The number of rotatable bonds is 10. The van der Waals surface area contributed by atoms with Crippen molar-refractivity contribution in [1.29, 1.82) is 0 Å². The van der Waals surface area contributed by atoms with Gasteiger partial charge in [0.25, 0.3) is 0 Å². The van der Waals surface area contributed by atoms with E-state index in [1.807, 2.05) is 19.9 Å². The second-order valence-corrected chi connectivity index (χ2v) is 9.64. The van der Waals surface area contributed by atoms with E-state index in [1.165, 1.54) is 24.2 Å². The van der Waals surface area contributed by atoms with Gasteiger partial charge in [-0.05, 0) is 58.2 Å². The number of cyclic esters (lactones) is 1. The maximum atomic E-state index is 12.5. The maximum Gasteiger partial charge on any atom is 0.341 e. The maximum absolute atomic E-state index is 12.5. The number of nitrogens with one attached hydrogen (secondary N) is 1. The predicted molar refractivity (Wildman–Crippen MR) is 138 cm³/mol. The number of carbonyl (C=O) groups excluding carboxylic acids is 3. The zero-order valence-corrected chi connectivity index (χ0v) is 22.2. The van der Waals surface area contributed by atoms with Gasteiger partial charge in [0.15, 0.2) is 0 Å². The van der Waals surface area contributed by atoms with Crippen LogP contribution >= 0.6 is 0 Å². The van der Waals surface area contributed by atoms with Gasteiger partial charge >= 0.3 is 18.0 Å². The van der Waals surface area contributed by atoms with Gasteiger partial charge in [0, 0.05) is 38.2 Å². The van der Waals surface area contributed by atoms with E-state index in [0.717, 1.165) is 36.3 Å². The van der Waals surface area contributed by atoms with Crippen molar-refractivity contribution in [3.63, 3.8) is 0 Å². The van der Waals surface area contributed by atoms with E-state index in [4.69, 9.17) is 14.2 Å². The van der Waals surface area contributed by atoms with Gasteiger partial charge < -0.3 is 24.4 Å². The molecular formula is C27H39N3O6. The number of hydrogen-bond acceptors (Lipinski definition) is 7. The van der Waals surface area contributed by atoms with Crippen molar-refractivity contribution >= 4 is 23.7 Å². The Labute approximate surface area is 213 Å². The highest BCUT2D eigenvalue weighted by atomic mass is 16.5. The highest BCUT2D eigenvalue weighted by molar-refractivity contribution is 6.05. The zero-order valence-electron chi connectivity index (χ0n) is 22.2. The number of allylic oxidation sites excluding steroid dienone is 2. The first-order chi connectivity index (χ1) is 17.2. The Balaban J connectivity index is 1.68. The number of benzene rings is 1. The number of likely N-dealkylation sites (tertiary alicyclic amines) is 1. The van der Waals surface area contributed by atoms with E-state index in [9.17, 15) is 14.4 Å². The molecule has 1 saturated heterocycles. The average molecular weight is 502 g/mol. The largest absolute Gasteiger partial charge is 0.496 e. The minimum absolute atomic E-state index is 0.149. The molecule has 0 atom stereocenters. The van der Waals surface area contributed by atoms with Crippen LogP contribution in [0.5, 0.6) is 5.75 Å². The quantitative estimate of drug-likeness (QED) is 0.381. The molecule has 0 spiro atoms. The van der Waals surface area contributed by atoms with Gasteiger partial charge in [-0.3, -0.25) is 9.69 Å². The molecule has 2 heterocycles. The summed E-state index contributed by atoms with van der Waals surface area (Å²) in [7, 11) is 4.84. The van der Waals surface area contributed by atoms with Gasteiger partial charge in [0.2, 0.25) is 0 Å². The van der Waals surface area contributed by atoms with Crippen molar-refractivity contribution in [3.8, 4) is 5.75 Å². The number of anilines is 1. The molecule has 2 aliphatic heterocycles. The lowest BCUT2D eigenvalue weighted by Gasteiger charge is -2.25. The number of carbonyl (C=O) groups is 3. The zero-order chi connectivity index (χ0) is 26.2. The summed E-state index contributed by atoms with van der Waals surface area (Å²) in [6, 6.07) is -0.350. The second kappa shape index (κ2) is 12.8. The molecule has 198 valence electrons. The Morgan fingerprint density at radius 1 is 1.17 bits per heavy atom. The number of amides is 2. The van der Waals surface area contributed by atoms with Gasteiger partial charge in [0.1, 0.15) is 19.0 Å². The number of urea groups is 1. The number of esters is 2. The van der Waals surface area contributed by atoms with Gasteiger partial charge in [-0.15, -0.1) is 0 Å². The van der Waals surface area contributed by atoms with Crippen LogP contribution in [-0.2, 0) is 27.3 Å². The number of ether oxygens (including phenoxy) is 3. The fourth-order valence-corrected chi connectivity index (χ4v) is 4.63. The molecule has 36 heavy (non-hydrogen) atoms. The topological polar surface area (TPSA) is 97.4 Å². The Kier molecular flexibility index (Phi) is 9.75. The standard InChI is InChI=1S/C27H39N3O6/c1-18(10-12-22(31)35-16-15-30-13-7-6-8-14-30)9-11-20-24(28-27(33)29(3)4)23-21(17-36-26(23)32)19(2)25(20)34-5/h9H,6-8,10-17H2,1-5H3,(H,28,33). The fraction of sp³-hybridized carbons (Fsp3) is 0.593. The van der Waals surface area contributed by atoms with E-state index < -0.39 is 5.97 Å². The van der Waals surface area contributed by atoms with Crippen LogP contribution in [0.25, 0.3) is 0 Å². The second-order valence-electron chi connectivity index (χ2n) is 9.64. The molecule has 2 aliphatic rings. The SMILES string of the molecule is COc1c(C)c2c(c(NC(=O)N(C)C)c1CC=C(C)CCC(=O)OCCN1CCCCC1)C(=O)OC2. The summed E-state index contributed by atoms with van der Waals surface area (Å²) < 4.78 is 16.4. The fourth-order valence-electron chi connectivity index (χ4n) is 4.63. The Morgan fingerprint density at radius 3 is 2.56 bits per heavy atom. The van der Waals surface area contributed by atoms with E-state index in [2.05, 4.69) is 10.2 Å². The molecule has 3 rings (SSSR count). The van der Waals surface area contributed by atoms with Crippen LogP contribution in [0, 0.1) is 6.92 Å². The summed E-state index contributed by atoms with van der Waals surface area (Å²) >= 11 is 0. The molecule has 0 aliphatic carbocycles. The van der Waals surface area contributed by atoms with Gasteiger partial charge in [-0.25, -0.2) is 9.59 Å². The van der Waals surface area contributed by atoms with Crippen molar-refractivity contribution in [2.45, 2.75) is 59.0 Å². The monoisotopic (exact) mass is 501 g/mol. The van der Waals surface area contributed by atoms with Gasteiger partial charge in [-0.1, -0.05) is 18.1 Å². The first-order valence-electron chi connectivity index (χ1n) is 12.6. The number of hydrogen-bond donors (Lipinski definition) is 1. The van der Waals surface area contributed by atoms with E-state index in [1.54, 1.807) is 21.2 Å². The molecule has 1 aromatic carbocycles. The molecule has 2 amide bonds. The summed E-state index contributed by atoms with van der Waals surface area (Å²) in [6.07, 6.45) is 7.00. The van der Waals surface area contributed by atoms with Crippen molar-refractivity contribution < 1.29 is 28.6 Å². The average Bonchev–Trinajstić information content (AvgIpc) is 3.25. The third kappa shape index (κ3) is 6.78. The van der Waals surface area contributed by atoms with Crippen LogP contribution in [0.4, 0.5) is 10.5 Å². The summed E-state index contributed by atoms with van der Waals surface area (Å²) in [4.78, 5) is 41.0. The van der Waals surface area contributed by atoms with Crippen LogP contribution < -0.4 is 10.1 Å². The molecule has 0 bridgehead atoms. The minimum Gasteiger partial charge on any atom is -0.496 e. The van der Waals surface area contributed by atoms with Gasteiger partial charge in [-0.2, -0.15) is 0 Å². The minimum atomic E-state index is -0.459. The highest BCUT2D eigenvalue weighted by Gasteiger charge is 2.32. The summed E-state index contributed by atoms with van der Waals surface area (Å²) in [5, 5.41) is 2.87. The van der Waals surface area contributed by atoms with Crippen molar-refractivity contribution in [1.82, 2.24) is 9.80 Å². The summed E-state index contributed by atoms with van der Waals surface area (Å²) in [6.45, 7) is 7.38. The Bertz CT molecular complexity index is 1010. The summed E-state index contributed by atoms with van der Waals surface area (Å²) in [5.41, 5.74) is 4.04. The molecular weight excluding hydrogens is 462 g/mol. The van der Waals surface area contributed by atoms with Gasteiger partial charge in [0.05, 0.1) is 18.4 Å². The number of nitrogens with zero attached hydrogens (tertiary/aromatic N) is 2. The number of fused-ring (bicyclic) bond motifs is 1. The van der Waals surface area contributed by atoms with Crippen molar-refractivity contribution in [2.75, 3.05) is 52.8 Å². The van der Waals surface area contributed by atoms with E-state index in [-0.39, 0.29) is 18.6 Å². The van der Waals surface area contributed by atoms with Crippen LogP contribution in [0.1, 0.15) is 66.1 Å². The molecule has 1 aromatic rings. The summed E-state index contributed by atoms with van der Waals surface area (Å²) in [5.74, 6) is -0.0475. The lowest BCUT2D eigenvalue weighted by molar-refractivity contribution is -0.144. The molecule has 1 fully saturated rings. The van der Waals surface area contributed by atoms with Crippen LogP contribution in [0.3, 0.4) is 0 Å². The first kappa shape index (κ1) is 27.5. The number of methoxy groups -OCH3 is 1. The Morgan fingerprint density at radius 2 is 1.89 bits per heavy atom. The molecule has 0 saturated carbocycles. The Hall–Kier alpha value is -3.07. The van der Waals surface area contributed by atoms with E-state index >= 15 is 0 Å². The molecule has 9 nitrogen and oxygen atoms in total. The third-order valence-electron chi connectivity index (χ3n) is 6.81. The van der Waals surface area contributed by atoms with E-state index in [0.29, 0.717) is 48.4 Å². The molecule has 0 radical (unpaired) electrons. The van der Waals surface area contributed by atoms with Crippen molar-refractivity contribution in [2.24, 2.45) is 0 Å². The first-order valence-corrected chi connectivity index (χ1v) is 12.6. The lowest BCUT2D eigenvalue weighted by Crippen LogP contribution is -2.33. The molecule has 9 heteroatoms.